The maximum atomic E-state index is 12.1. The van der Waals surface area contributed by atoms with Crippen molar-refractivity contribution in [3.63, 3.8) is 0 Å². The number of aliphatic hydroxyl groups is 1. The van der Waals surface area contributed by atoms with Crippen LogP contribution in [0.25, 0.3) is 0 Å². The van der Waals surface area contributed by atoms with E-state index in [0.29, 0.717) is 17.8 Å². The lowest BCUT2D eigenvalue weighted by Gasteiger charge is -2.69. The zero-order chi connectivity index (χ0) is 16.7. The molecule has 2 bridgehead atoms. The molecule has 3 heteroatoms. The zero-order valence-corrected chi connectivity index (χ0v) is 14.9. The summed E-state index contributed by atoms with van der Waals surface area (Å²) in [6.07, 6.45) is 9.72. The Morgan fingerprint density at radius 2 is 1.70 bits per heavy atom. The molecule has 23 heavy (non-hydrogen) atoms. The Balaban J connectivity index is 1.74. The van der Waals surface area contributed by atoms with E-state index in [-0.39, 0.29) is 10.8 Å². The average Bonchev–Trinajstić information content (AvgIpc) is 2.45. The van der Waals surface area contributed by atoms with E-state index in [0.717, 1.165) is 38.5 Å². The Morgan fingerprint density at radius 1 is 1.00 bits per heavy atom. The number of rotatable bonds is 1. The largest absolute Gasteiger partial charge is 0.481 e. The van der Waals surface area contributed by atoms with E-state index in [2.05, 4.69) is 6.92 Å². The highest BCUT2D eigenvalue weighted by Gasteiger charge is 2.67. The third kappa shape index (κ3) is 1.89. The van der Waals surface area contributed by atoms with E-state index >= 15 is 0 Å². The van der Waals surface area contributed by atoms with Crippen molar-refractivity contribution in [1.29, 1.82) is 0 Å². The van der Waals surface area contributed by atoms with Gasteiger partial charge in [-0.25, -0.2) is 0 Å². The van der Waals surface area contributed by atoms with E-state index in [9.17, 15) is 15.0 Å². The highest BCUT2D eigenvalue weighted by molar-refractivity contribution is 5.75. The van der Waals surface area contributed by atoms with Crippen LogP contribution < -0.4 is 0 Å². The fourth-order valence-corrected chi connectivity index (χ4v) is 7.94. The van der Waals surface area contributed by atoms with Gasteiger partial charge in [0.1, 0.15) is 0 Å². The summed E-state index contributed by atoms with van der Waals surface area (Å²) < 4.78 is 0. The van der Waals surface area contributed by atoms with Crippen LogP contribution in [0.1, 0.15) is 78.6 Å². The molecule has 5 aliphatic carbocycles. The van der Waals surface area contributed by atoms with Crippen molar-refractivity contribution in [2.45, 2.75) is 84.2 Å². The summed E-state index contributed by atoms with van der Waals surface area (Å²) >= 11 is 0. The minimum atomic E-state index is -0.586. The summed E-state index contributed by atoms with van der Waals surface area (Å²) in [5.74, 6) is 0.758. The Labute approximate surface area is 139 Å². The molecule has 5 fully saturated rings. The Bertz CT molecular complexity index is 541. The third-order valence-electron chi connectivity index (χ3n) is 9.03. The number of carbonyl (C=O) groups is 1. The van der Waals surface area contributed by atoms with Crippen molar-refractivity contribution in [3.8, 4) is 0 Å². The molecule has 0 heterocycles. The van der Waals surface area contributed by atoms with E-state index < -0.39 is 17.0 Å². The lowest BCUT2D eigenvalue weighted by molar-refractivity contribution is -0.233. The minimum Gasteiger partial charge on any atom is -0.481 e. The van der Waals surface area contributed by atoms with Gasteiger partial charge in [-0.3, -0.25) is 4.79 Å². The quantitative estimate of drug-likeness (QED) is 0.760. The fraction of sp³-hybridized carbons (Fsp3) is 0.950. The summed E-state index contributed by atoms with van der Waals surface area (Å²) in [7, 11) is 0. The molecule has 7 atom stereocenters. The lowest BCUT2D eigenvalue weighted by Crippen LogP contribution is -2.65. The number of hydrogen-bond donors (Lipinski definition) is 2. The van der Waals surface area contributed by atoms with Gasteiger partial charge < -0.3 is 10.2 Å². The van der Waals surface area contributed by atoms with Crippen molar-refractivity contribution in [3.05, 3.63) is 0 Å². The van der Waals surface area contributed by atoms with E-state index in [1.165, 1.54) is 19.3 Å². The molecule has 0 saturated heterocycles. The molecule has 0 aromatic carbocycles. The van der Waals surface area contributed by atoms with Crippen LogP contribution in [0.5, 0.6) is 0 Å². The van der Waals surface area contributed by atoms with Crippen molar-refractivity contribution in [2.75, 3.05) is 0 Å². The first-order chi connectivity index (χ1) is 10.6. The molecule has 130 valence electrons. The second-order valence-corrected chi connectivity index (χ2v) is 10.1. The number of hydrogen-bond acceptors (Lipinski definition) is 2. The molecule has 0 aromatic heterocycles. The normalized spacial score (nSPS) is 58.3. The van der Waals surface area contributed by atoms with Crippen LogP contribution in [0.3, 0.4) is 0 Å². The predicted molar refractivity (Wildman–Crippen MR) is 88.9 cm³/mol. The van der Waals surface area contributed by atoms with E-state index in [1.54, 1.807) is 0 Å². The molecule has 2 N–H and O–H groups in total. The molecular weight excluding hydrogens is 288 g/mol. The smallest absolute Gasteiger partial charge is 0.309 e. The van der Waals surface area contributed by atoms with Crippen LogP contribution >= 0.6 is 0 Å². The van der Waals surface area contributed by atoms with Gasteiger partial charge in [0, 0.05) is 0 Å². The second-order valence-electron chi connectivity index (χ2n) is 10.1. The first-order valence-corrected chi connectivity index (χ1v) is 9.60. The number of carboxylic acid groups (broad SMARTS) is 1. The first kappa shape index (κ1) is 15.9. The van der Waals surface area contributed by atoms with E-state index in [1.807, 2.05) is 13.8 Å². The van der Waals surface area contributed by atoms with Gasteiger partial charge in [0.05, 0.1) is 11.0 Å². The SMILES string of the molecule is C[C@@]12CCC[C@](C)(C(=O)O)[C@H]1CC[C@@]13CC[C@@H](C[C@H]12)[C@@](C)(O)C3. The van der Waals surface area contributed by atoms with Gasteiger partial charge in [-0.05, 0) is 93.8 Å². The van der Waals surface area contributed by atoms with Crippen molar-refractivity contribution >= 4 is 5.97 Å². The summed E-state index contributed by atoms with van der Waals surface area (Å²) in [6.45, 7) is 6.46. The lowest BCUT2D eigenvalue weighted by atomic mass is 9.36. The topological polar surface area (TPSA) is 57.5 Å². The van der Waals surface area contributed by atoms with Crippen molar-refractivity contribution in [2.24, 2.45) is 34.0 Å². The molecule has 0 aromatic rings. The molecular formula is C20H32O3. The molecule has 0 amide bonds. The molecule has 5 saturated carbocycles. The van der Waals surface area contributed by atoms with Gasteiger partial charge in [0.25, 0.3) is 0 Å². The summed E-state index contributed by atoms with van der Waals surface area (Å²) in [5.41, 5.74) is -0.615. The molecule has 0 radical (unpaired) electrons. The standard InChI is InChI=1S/C20H32O3/c1-17-7-4-8-18(2,16(21)22)14(17)6-10-20-9-5-13(11-15(17)20)19(3,23)12-20/h13-15,23H,4-12H2,1-3H3,(H,21,22)/t13-,14-,15-,17+,18-,19-,20+/m0/s1. The van der Waals surface area contributed by atoms with Crippen molar-refractivity contribution in [1.82, 2.24) is 0 Å². The van der Waals surface area contributed by atoms with Crippen LogP contribution in [0.15, 0.2) is 0 Å². The van der Waals surface area contributed by atoms with Gasteiger partial charge in [-0.2, -0.15) is 0 Å². The Kier molecular flexibility index (Phi) is 3.14. The number of fused-ring (bicyclic) bond motifs is 3. The molecule has 3 nitrogen and oxygen atoms in total. The molecule has 5 aliphatic rings. The van der Waals surface area contributed by atoms with Gasteiger partial charge >= 0.3 is 5.97 Å². The maximum Gasteiger partial charge on any atom is 0.309 e. The molecule has 0 aliphatic heterocycles. The Morgan fingerprint density at radius 3 is 2.35 bits per heavy atom. The van der Waals surface area contributed by atoms with Crippen LogP contribution in [0.4, 0.5) is 0 Å². The zero-order valence-electron chi connectivity index (χ0n) is 14.9. The second kappa shape index (κ2) is 4.53. The molecule has 1 spiro atoms. The molecule has 5 rings (SSSR count). The molecule has 0 unspecified atom stereocenters. The van der Waals surface area contributed by atoms with Gasteiger partial charge in [0.15, 0.2) is 0 Å². The van der Waals surface area contributed by atoms with E-state index in [4.69, 9.17) is 0 Å². The van der Waals surface area contributed by atoms with Crippen LogP contribution in [-0.2, 0) is 4.79 Å². The van der Waals surface area contributed by atoms with Gasteiger partial charge in [0.2, 0.25) is 0 Å². The highest BCUT2D eigenvalue weighted by atomic mass is 16.4. The van der Waals surface area contributed by atoms with Crippen LogP contribution in [0, 0.1) is 34.0 Å². The van der Waals surface area contributed by atoms with Gasteiger partial charge in [-0.1, -0.05) is 13.3 Å². The average molecular weight is 320 g/mol. The minimum absolute atomic E-state index is 0.152. The summed E-state index contributed by atoms with van der Waals surface area (Å²) in [6, 6.07) is 0. The monoisotopic (exact) mass is 320 g/mol. The fourth-order valence-electron chi connectivity index (χ4n) is 7.94. The predicted octanol–water partition coefficient (Wildman–Crippen LogP) is 4.23. The third-order valence-corrected chi connectivity index (χ3v) is 9.03. The van der Waals surface area contributed by atoms with Crippen molar-refractivity contribution < 1.29 is 15.0 Å². The maximum absolute atomic E-state index is 12.1. The van der Waals surface area contributed by atoms with Gasteiger partial charge in [-0.15, -0.1) is 0 Å². The Hall–Kier alpha value is -0.570. The first-order valence-electron chi connectivity index (χ1n) is 9.60. The van der Waals surface area contributed by atoms with Crippen LogP contribution in [0.2, 0.25) is 0 Å². The summed E-state index contributed by atoms with van der Waals surface area (Å²) in [5, 5.41) is 20.8. The highest BCUT2D eigenvalue weighted by Crippen LogP contribution is 2.72. The summed E-state index contributed by atoms with van der Waals surface area (Å²) in [4.78, 5) is 12.1. The number of carboxylic acids is 1. The number of aliphatic carboxylic acids is 1. The van der Waals surface area contributed by atoms with Crippen LogP contribution in [-0.4, -0.2) is 21.8 Å².